The second kappa shape index (κ2) is 9.67. The highest BCUT2D eigenvalue weighted by atomic mass is 35.5. The number of aryl methyl sites for hydroxylation is 1. The van der Waals surface area contributed by atoms with Gasteiger partial charge in [-0.1, -0.05) is 24.6 Å². The monoisotopic (exact) mass is 394 g/mol. The molecule has 0 amide bonds. The van der Waals surface area contributed by atoms with Crippen molar-refractivity contribution in [3.05, 3.63) is 72.2 Å². The minimum absolute atomic E-state index is 0. The van der Waals surface area contributed by atoms with E-state index < -0.39 is 0 Å². The molecule has 146 valence electrons. The average molecular weight is 395 g/mol. The Morgan fingerprint density at radius 3 is 2.71 bits per heavy atom. The molecule has 2 N–H and O–H groups in total. The molecule has 5 heteroatoms. The van der Waals surface area contributed by atoms with Gasteiger partial charge in [0, 0.05) is 35.8 Å². The smallest absolute Gasteiger partial charge is 0.0650 e. The molecule has 2 aromatic carbocycles. The number of halogens is 1. The number of benzene rings is 2. The van der Waals surface area contributed by atoms with Gasteiger partial charge in [-0.15, -0.1) is 12.4 Å². The molecule has 0 aliphatic heterocycles. The summed E-state index contributed by atoms with van der Waals surface area (Å²) in [5, 5.41) is 14.4. The Morgan fingerprint density at radius 1 is 0.929 bits per heavy atom. The van der Waals surface area contributed by atoms with Crippen LogP contribution in [0.5, 0.6) is 0 Å². The fourth-order valence-corrected chi connectivity index (χ4v) is 3.56. The number of aromatic amines is 1. The first-order valence-corrected chi connectivity index (χ1v) is 9.76. The molecule has 2 heterocycles. The van der Waals surface area contributed by atoms with Gasteiger partial charge in [0.25, 0.3) is 0 Å². The average Bonchev–Trinajstić information content (AvgIpc) is 3.17. The summed E-state index contributed by atoms with van der Waals surface area (Å²) in [5.41, 5.74) is 3.84. The van der Waals surface area contributed by atoms with Crippen LogP contribution in [-0.4, -0.2) is 21.2 Å². The number of pyridine rings is 1. The SMILES string of the molecule is C[C@H](CCCCc1ccc2[nH]ncc2c1)NCc1ccc2cnccc2c1.Cl. The van der Waals surface area contributed by atoms with Crippen molar-refractivity contribution in [1.29, 1.82) is 0 Å². The fourth-order valence-electron chi connectivity index (χ4n) is 3.56. The largest absolute Gasteiger partial charge is 0.310 e. The molecular formula is C23H27ClN4. The van der Waals surface area contributed by atoms with E-state index in [9.17, 15) is 0 Å². The zero-order valence-corrected chi connectivity index (χ0v) is 17.0. The number of unbranched alkanes of at least 4 members (excludes halogenated alkanes) is 1. The lowest BCUT2D eigenvalue weighted by Crippen LogP contribution is -2.25. The number of aromatic nitrogens is 3. The van der Waals surface area contributed by atoms with E-state index in [0.29, 0.717) is 6.04 Å². The van der Waals surface area contributed by atoms with E-state index in [1.807, 2.05) is 18.6 Å². The summed E-state index contributed by atoms with van der Waals surface area (Å²) in [6.07, 6.45) is 10.5. The number of hydrogen-bond acceptors (Lipinski definition) is 3. The first-order chi connectivity index (χ1) is 13.3. The maximum atomic E-state index is 4.17. The van der Waals surface area contributed by atoms with E-state index in [1.165, 1.54) is 46.5 Å². The highest BCUT2D eigenvalue weighted by Crippen LogP contribution is 2.16. The third kappa shape index (κ3) is 5.09. The van der Waals surface area contributed by atoms with Crippen LogP contribution in [0.1, 0.15) is 37.3 Å². The molecule has 0 bridgehead atoms. The number of rotatable bonds is 8. The molecule has 0 saturated carbocycles. The van der Waals surface area contributed by atoms with Crippen molar-refractivity contribution in [2.45, 2.75) is 45.2 Å². The Labute approximate surface area is 172 Å². The Bertz CT molecular complexity index is 1030. The molecule has 0 unspecified atom stereocenters. The van der Waals surface area contributed by atoms with Gasteiger partial charge in [0.2, 0.25) is 0 Å². The number of hydrogen-bond donors (Lipinski definition) is 2. The zero-order valence-electron chi connectivity index (χ0n) is 16.2. The highest BCUT2D eigenvalue weighted by molar-refractivity contribution is 5.85. The number of fused-ring (bicyclic) bond motifs is 2. The minimum atomic E-state index is 0. The molecule has 0 aliphatic rings. The Kier molecular flexibility index (Phi) is 7.01. The number of nitrogens with one attached hydrogen (secondary N) is 2. The van der Waals surface area contributed by atoms with E-state index in [1.54, 1.807) is 0 Å². The molecule has 0 spiro atoms. The predicted molar refractivity (Wildman–Crippen MR) is 119 cm³/mol. The molecule has 0 radical (unpaired) electrons. The van der Waals surface area contributed by atoms with Gasteiger partial charge in [0.15, 0.2) is 0 Å². The van der Waals surface area contributed by atoms with Crippen LogP contribution in [-0.2, 0) is 13.0 Å². The van der Waals surface area contributed by atoms with Crippen LogP contribution in [0, 0.1) is 0 Å². The number of H-pyrrole nitrogens is 1. The summed E-state index contributed by atoms with van der Waals surface area (Å²) >= 11 is 0. The fraction of sp³-hybridized carbons (Fsp3) is 0.304. The van der Waals surface area contributed by atoms with Crippen LogP contribution in [0.2, 0.25) is 0 Å². The van der Waals surface area contributed by atoms with Gasteiger partial charge in [-0.3, -0.25) is 10.1 Å². The van der Waals surface area contributed by atoms with Gasteiger partial charge in [0.05, 0.1) is 11.7 Å². The molecule has 2 aromatic heterocycles. The van der Waals surface area contributed by atoms with Gasteiger partial charge in [-0.2, -0.15) is 5.10 Å². The van der Waals surface area contributed by atoms with Crippen LogP contribution in [0.25, 0.3) is 21.7 Å². The predicted octanol–water partition coefficient (Wildman–Crippen LogP) is 5.42. The summed E-state index contributed by atoms with van der Waals surface area (Å²) in [6.45, 7) is 3.19. The molecule has 1 atom stereocenters. The van der Waals surface area contributed by atoms with Gasteiger partial charge < -0.3 is 5.32 Å². The first-order valence-electron chi connectivity index (χ1n) is 9.76. The maximum Gasteiger partial charge on any atom is 0.0650 e. The van der Waals surface area contributed by atoms with Crippen molar-refractivity contribution >= 4 is 34.1 Å². The van der Waals surface area contributed by atoms with Gasteiger partial charge >= 0.3 is 0 Å². The van der Waals surface area contributed by atoms with Gasteiger partial charge in [-0.05, 0) is 67.0 Å². The molecule has 0 aliphatic carbocycles. The second-order valence-corrected chi connectivity index (χ2v) is 7.38. The molecule has 0 saturated heterocycles. The third-order valence-electron chi connectivity index (χ3n) is 5.22. The van der Waals surface area contributed by atoms with E-state index in [0.717, 1.165) is 18.5 Å². The molecule has 0 fully saturated rings. The van der Waals surface area contributed by atoms with E-state index in [4.69, 9.17) is 0 Å². The lowest BCUT2D eigenvalue weighted by Gasteiger charge is -2.14. The summed E-state index contributed by atoms with van der Waals surface area (Å²) in [5.74, 6) is 0. The van der Waals surface area contributed by atoms with Crippen LogP contribution >= 0.6 is 12.4 Å². The lowest BCUT2D eigenvalue weighted by molar-refractivity contribution is 0.489. The third-order valence-corrected chi connectivity index (χ3v) is 5.22. The zero-order chi connectivity index (χ0) is 18.5. The molecule has 4 rings (SSSR count). The molecule has 4 aromatic rings. The van der Waals surface area contributed by atoms with Crippen LogP contribution in [0.15, 0.2) is 61.1 Å². The number of nitrogens with zero attached hydrogens (tertiary/aromatic N) is 2. The Hall–Kier alpha value is -2.43. The minimum Gasteiger partial charge on any atom is -0.310 e. The second-order valence-electron chi connectivity index (χ2n) is 7.38. The topological polar surface area (TPSA) is 53.6 Å². The van der Waals surface area contributed by atoms with Crippen molar-refractivity contribution < 1.29 is 0 Å². The summed E-state index contributed by atoms with van der Waals surface area (Å²) in [4.78, 5) is 4.17. The molecule has 4 nitrogen and oxygen atoms in total. The van der Waals surface area contributed by atoms with E-state index in [2.05, 4.69) is 69.9 Å². The quantitative estimate of drug-likeness (QED) is 0.392. The maximum absolute atomic E-state index is 4.17. The highest BCUT2D eigenvalue weighted by Gasteiger charge is 2.04. The van der Waals surface area contributed by atoms with Gasteiger partial charge in [-0.25, -0.2) is 0 Å². The Balaban J connectivity index is 0.00000225. The Morgan fingerprint density at radius 2 is 1.79 bits per heavy atom. The van der Waals surface area contributed by atoms with Crippen LogP contribution in [0.3, 0.4) is 0 Å². The summed E-state index contributed by atoms with van der Waals surface area (Å²) in [6, 6.07) is 15.8. The lowest BCUT2D eigenvalue weighted by atomic mass is 10.0. The normalized spacial score (nSPS) is 12.2. The summed E-state index contributed by atoms with van der Waals surface area (Å²) < 4.78 is 0. The van der Waals surface area contributed by atoms with Crippen molar-refractivity contribution in [3.8, 4) is 0 Å². The molecule has 28 heavy (non-hydrogen) atoms. The van der Waals surface area contributed by atoms with Gasteiger partial charge in [0.1, 0.15) is 0 Å². The van der Waals surface area contributed by atoms with Crippen LogP contribution < -0.4 is 5.32 Å². The standard InChI is InChI=1S/C23H26N4.ClH/c1-17(25-14-19-6-8-21-15-24-11-10-20(21)13-19)4-2-3-5-18-7-9-23-22(12-18)16-26-27-23;/h6-13,15-17,25H,2-5,14H2,1H3,(H,26,27);1H/t17-;/m1./s1. The van der Waals surface area contributed by atoms with Crippen molar-refractivity contribution in [2.24, 2.45) is 0 Å². The van der Waals surface area contributed by atoms with Crippen molar-refractivity contribution in [1.82, 2.24) is 20.5 Å². The van der Waals surface area contributed by atoms with Crippen molar-refractivity contribution in [3.63, 3.8) is 0 Å². The molecular weight excluding hydrogens is 368 g/mol. The van der Waals surface area contributed by atoms with E-state index >= 15 is 0 Å². The van der Waals surface area contributed by atoms with Crippen LogP contribution in [0.4, 0.5) is 0 Å². The van der Waals surface area contributed by atoms with E-state index in [-0.39, 0.29) is 12.4 Å². The van der Waals surface area contributed by atoms with Crippen molar-refractivity contribution in [2.75, 3.05) is 0 Å². The summed E-state index contributed by atoms with van der Waals surface area (Å²) in [7, 11) is 0. The first kappa shape index (κ1) is 20.3.